The molecule has 124 valence electrons. The van der Waals surface area contributed by atoms with Crippen LogP contribution in [0, 0.1) is 0 Å². The summed E-state index contributed by atoms with van der Waals surface area (Å²) in [5.41, 5.74) is 0.265. The number of hydrogen-bond acceptors (Lipinski definition) is 6. The minimum absolute atomic E-state index is 0.265. The second-order valence-electron chi connectivity index (χ2n) is 6.12. The molecular formula is C14H16N2O6S. The number of methoxy groups -OCH3 is 1. The predicted octanol–water partition coefficient (Wildman–Crippen LogP) is 0.00230. The molecule has 0 saturated carbocycles. The number of sulfone groups is 1. The minimum atomic E-state index is -3.87. The number of hydrogen-bond donors (Lipinski definition) is 1. The largest absolute Gasteiger partial charge is 0.497 e. The summed E-state index contributed by atoms with van der Waals surface area (Å²) in [5, 5.41) is 8.16. The van der Waals surface area contributed by atoms with E-state index in [2.05, 4.69) is 4.98 Å². The van der Waals surface area contributed by atoms with E-state index in [1.165, 1.54) is 33.2 Å². The number of nitrogens with zero attached hydrogens (tertiary/aromatic N) is 2. The molecule has 0 aliphatic carbocycles. The molecule has 0 radical (unpaired) electrons. The molecule has 2 aliphatic rings. The van der Waals surface area contributed by atoms with Crippen molar-refractivity contribution in [3.8, 4) is 5.75 Å². The first-order valence-corrected chi connectivity index (χ1v) is 8.47. The Hall–Kier alpha value is -2.16. The van der Waals surface area contributed by atoms with Crippen LogP contribution in [0.4, 0.5) is 0 Å². The SMILES string of the molecule is COc1ccnc([C@@H]2C(=O)N3[C@@H](C(=O)O)C(C)(C)S(=O)(=O)[C@H]23)c1. The average Bonchev–Trinajstić information content (AvgIpc) is 2.62. The maximum absolute atomic E-state index is 12.8. The van der Waals surface area contributed by atoms with Crippen LogP contribution in [0.2, 0.25) is 0 Å². The number of fused-ring (bicyclic) bond motifs is 1. The fourth-order valence-electron chi connectivity index (χ4n) is 3.30. The fraction of sp³-hybridized carbons (Fsp3) is 0.500. The second-order valence-corrected chi connectivity index (χ2v) is 8.75. The van der Waals surface area contributed by atoms with Gasteiger partial charge in [0.25, 0.3) is 0 Å². The lowest BCUT2D eigenvalue weighted by molar-refractivity contribution is -0.159. The van der Waals surface area contributed by atoms with Gasteiger partial charge in [-0.1, -0.05) is 0 Å². The molecule has 9 heteroatoms. The van der Waals surface area contributed by atoms with E-state index >= 15 is 0 Å². The summed E-state index contributed by atoms with van der Waals surface area (Å²) in [4.78, 5) is 29.0. The van der Waals surface area contributed by atoms with Crippen molar-refractivity contribution >= 4 is 21.7 Å². The lowest BCUT2D eigenvalue weighted by atomic mass is 9.89. The van der Waals surface area contributed by atoms with Crippen LogP contribution in [0.15, 0.2) is 18.3 Å². The van der Waals surface area contributed by atoms with Gasteiger partial charge in [0.05, 0.1) is 17.6 Å². The van der Waals surface area contributed by atoms with Crippen molar-refractivity contribution in [2.24, 2.45) is 0 Å². The van der Waals surface area contributed by atoms with Crippen molar-refractivity contribution in [1.82, 2.24) is 9.88 Å². The standard InChI is InChI=1S/C14H16N2O6S/c1-14(2)10(13(18)19)16-11(17)9(12(16)23(14,20)21)8-6-7(22-3)4-5-15-8/h4-6,9-10,12H,1-3H3,(H,18,19)/t9-,10+,12-/m1/s1. The first-order valence-electron chi connectivity index (χ1n) is 6.93. The molecule has 1 N–H and O–H groups in total. The highest BCUT2D eigenvalue weighted by atomic mass is 32.2. The number of rotatable bonds is 3. The highest BCUT2D eigenvalue weighted by Gasteiger charge is 2.72. The van der Waals surface area contributed by atoms with Gasteiger partial charge in [0.1, 0.15) is 17.7 Å². The zero-order valence-electron chi connectivity index (χ0n) is 12.8. The van der Waals surface area contributed by atoms with Gasteiger partial charge in [-0.25, -0.2) is 13.2 Å². The molecule has 3 atom stereocenters. The zero-order valence-corrected chi connectivity index (χ0v) is 13.6. The first-order chi connectivity index (χ1) is 10.6. The maximum Gasteiger partial charge on any atom is 0.328 e. The van der Waals surface area contributed by atoms with Crippen LogP contribution < -0.4 is 4.74 Å². The number of aliphatic carboxylic acids is 1. The molecule has 1 aromatic heterocycles. The van der Waals surface area contributed by atoms with Crippen molar-refractivity contribution in [2.45, 2.75) is 35.9 Å². The van der Waals surface area contributed by atoms with E-state index in [0.29, 0.717) is 5.75 Å². The number of β-lactam (4-membered cyclic amide) rings is 1. The average molecular weight is 340 g/mol. The molecule has 1 aromatic rings. The van der Waals surface area contributed by atoms with Crippen molar-refractivity contribution in [3.05, 3.63) is 24.0 Å². The number of aromatic nitrogens is 1. The van der Waals surface area contributed by atoms with Crippen molar-refractivity contribution < 1.29 is 27.9 Å². The third-order valence-electron chi connectivity index (χ3n) is 4.61. The predicted molar refractivity (Wildman–Crippen MR) is 78.6 cm³/mol. The van der Waals surface area contributed by atoms with Gasteiger partial charge in [0, 0.05) is 12.3 Å². The molecule has 23 heavy (non-hydrogen) atoms. The molecule has 2 saturated heterocycles. The molecule has 3 heterocycles. The maximum atomic E-state index is 12.8. The number of carbonyl (C=O) groups excluding carboxylic acids is 1. The second kappa shape index (κ2) is 4.67. The van der Waals surface area contributed by atoms with E-state index in [1.807, 2.05) is 0 Å². The highest BCUT2D eigenvalue weighted by molar-refractivity contribution is 7.94. The molecule has 3 rings (SSSR count). The Balaban J connectivity index is 2.09. The van der Waals surface area contributed by atoms with E-state index in [-0.39, 0.29) is 5.69 Å². The van der Waals surface area contributed by atoms with E-state index in [0.717, 1.165) is 4.90 Å². The summed E-state index contributed by atoms with van der Waals surface area (Å²) in [7, 11) is -2.42. The van der Waals surface area contributed by atoms with E-state index in [4.69, 9.17) is 4.74 Å². The molecule has 0 unspecified atom stereocenters. The normalized spacial score (nSPS) is 30.5. The Morgan fingerprint density at radius 2 is 2.09 bits per heavy atom. The van der Waals surface area contributed by atoms with Gasteiger partial charge in [0.2, 0.25) is 5.91 Å². The van der Waals surface area contributed by atoms with Crippen LogP contribution in [0.5, 0.6) is 5.75 Å². The van der Waals surface area contributed by atoms with Gasteiger partial charge >= 0.3 is 5.97 Å². The van der Waals surface area contributed by atoms with Crippen molar-refractivity contribution in [2.75, 3.05) is 7.11 Å². The van der Waals surface area contributed by atoms with Crippen molar-refractivity contribution in [3.63, 3.8) is 0 Å². The number of carboxylic acid groups (broad SMARTS) is 1. The minimum Gasteiger partial charge on any atom is -0.497 e. The van der Waals surface area contributed by atoms with Crippen LogP contribution >= 0.6 is 0 Å². The Morgan fingerprint density at radius 3 is 2.65 bits per heavy atom. The molecule has 8 nitrogen and oxygen atoms in total. The highest BCUT2D eigenvalue weighted by Crippen LogP contribution is 2.51. The quantitative estimate of drug-likeness (QED) is 0.770. The van der Waals surface area contributed by atoms with Crippen LogP contribution in [0.25, 0.3) is 0 Å². The number of ether oxygens (including phenoxy) is 1. The molecule has 0 aromatic carbocycles. The number of carboxylic acids is 1. The summed E-state index contributed by atoms with van der Waals surface area (Å²) in [6, 6.07) is 1.68. The number of amides is 1. The molecule has 2 fully saturated rings. The molecule has 1 amide bonds. The fourth-order valence-corrected chi connectivity index (χ4v) is 5.59. The monoisotopic (exact) mass is 340 g/mol. The molecule has 2 aliphatic heterocycles. The summed E-state index contributed by atoms with van der Waals surface area (Å²) in [6.07, 6.45) is 1.42. The Labute approximate surface area is 133 Å². The summed E-state index contributed by atoms with van der Waals surface area (Å²) in [6.45, 7) is 2.67. The number of pyridine rings is 1. The van der Waals surface area contributed by atoms with Gasteiger partial charge in [-0.15, -0.1) is 0 Å². The van der Waals surface area contributed by atoms with E-state index < -0.39 is 43.8 Å². The van der Waals surface area contributed by atoms with Gasteiger partial charge in [-0.2, -0.15) is 0 Å². The topological polar surface area (TPSA) is 114 Å². The summed E-state index contributed by atoms with van der Waals surface area (Å²) >= 11 is 0. The Bertz CT molecular complexity index is 803. The van der Waals surface area contributed by atoms with Gasteiger partial charge < -0.3 is 14.7 Å². The zero-order chi connectivity index (χ0) is 17.2. The van der Waals surface area contributed by atoms with Crippen molar-refractivity contribution in [1.29, 1.82) is 0 Å². The van der Waals surface area contributed by atoms with Crippen LogP contribution in [-0.2, 0) is 19.4 Å². The molecular weight excluding hydrogens is 324 g/mol. The number of carbonyl (C=O) groups is 2. The lowest BCUT2D eigenvalue weighted by Crippen LogP contribution is -2.62. The van der Waals surface area contributed by atoms with Crippen LogP contribution in [0.3, 0.4) is 0 Å². The Kier molecular flexibility index (Phi) is 3.19. The summed E-state index contributed by atoms with van der Waals surface area (Å²) < 4.78 is 29.0. The van der Waals surface area contributed by atoms with E-state index in [9.17, 15) is 23.1 Å². The van der Waals surface area contributed by atoms with Gasteiger partial charge in [-0.05, 0) is 19.9 Å². The smallest absolute Gasteiger partial charge is 0.328 e. The lowest BCUT2D eigenvalue weighted by Gasteiger charge is -2.42. The first kappa shape index (κ1) is 15.7. The third-order valence-corrected chi connectivity index (χ3v) is 7.43. The van der Waals surface area contributed by atoms with Gasteiger partial charge in [-0.3, -0.25) is 9.78 Å². The van der Waals surface area contributed by atoms with Crippen LogP contribution in [0.1, 0.15) is 25.5 Å². The van der Waals surface area contributed by atoms with Crippen LogP contribution in [-0.4, -0.2) is 58.6 Å². The third kappa shape index (κ3) is 1.82. The summed E-state index contributed by atoms with van der Waals surface area (Å²) in [5.74, 6) is -2.42. The molecule has 0 bridgehead atoms. The Morgan fingerprint density at radius 1 is 1.43 bits per heavy atom. The molecule has 0 spiro atoms. The van der Waals surface area contributed by atoms with E-state index in [1.54, 1.807) is 6.07 Å². The van der Waals surface area contributed by atoms with Gasteiger partial charge in [0.15, 0.2) is 15.2 Å².